The fraction of sp³-hybridized carbons (Fsp3) is 0.417. The molecule has 2 aliphatic rings. The van der Waals surface area contributed by atoms with Crippen LogP contribution in [0, 0.1) is 5.82 Å². The quantitative estimate of drug-likeness (QED) is 0.717. The number of aryl methyl sites for hydroxylation is 1. The van der Waals surface area contributed by atoms with Gasteiger partial charge in [-0.3, -0.25) is 4.79 Å². The normalized spacial score (nSPS) is 18.6. The van der Waals surface area contributed by atoms with E-state index in [1.807, 2.05) is 6.07 Å². The number of benzene rings is 1. The SMILES string of the molecule is O=C1CCc2c(F)c(Br)cc3c2N1CCC3. The van der Waals surface area contributed by atoms with Crippen LogP contribution in [0.2, 0.25) is 0 Å². The van der Waals surface area contributed by atoms with Gasteiger partial charge in [-0.05, 0) is 46.8 Å². The maximum atomic E-state index is 13.9. The molecule has 0 radical (unpaired) electrons. The summed E-state index contributed by atoms with van der Waals surface area (Å²) >= 11 is 3.25. The van der Waals surface area contributed by atoms with E-state index in [-0.39, 0.29) is 11.7 Å². The topological polar surface area (TPSA) is 20.3 Å². The minimum absolute atomic E-state index is 0.134. The molecule has 1 aromatic carbocycles. The molecule has 3 rings (SSSR count). The van der Waals surface area contributed by atoms with Crippen LogP contribution < -0.4 is 4.90 Å². The number of anilines is 1. The maximum absolute atomic E-state index is 13.9. The second-order valence-corrected chi connectivity index (χ2v) is 5.16. The number of nitrogens with zero attached hydrogens (tertiary/aromatic N) is 1. The van der Waals surface area contributed by atoms with Crippen LogP contribution >= 0.6 is 15.9 Å². The van der Waals surface area contributed by atoms with Crippen molar-refractivity contribution < 1.29 is 9.18 Å². The first-order valence-electron chi connectivity index (χ1n) is 5.48. The average molecular weight is 284 g/mol. The highest BCUT2D eigenvalue weighted by Crippen LogP contribution is 2.39. The number of hydrogen-bond acceptors (Lipinski definition) is 1. The van der Waals surface area contributed by atoms with E-state index in [1.54, 1.807) is 4.90 Å². The Morgan fingerprint density at radius 3 is 2.94 bits per heavy atom. The minimum Gasteiger partial charge on any atom is -0.312 e. The van der Waals surface area contributed by atoms with Crippen molar-refractivity contribution in [2.75, 3.05) is 11.4 Å². The summed E-state index contributed by atoms with van der Waals surface area (Å²) in [5.74, 6) is -0.0617. The van der Waals surface area contributed by atoms with E-state index < -0.39 is 0 Å². The highest BCUT2D eigenvalue weighted by atomic mass is 79.9. The third-order valence-corrected chi connectivity index (χ3v) is 3.93. The van der Waals surface area contributed by atoms with Gasteiger partial charge in [0, 0.05) is 18.5 Å². The van der Waals surface area contributed by atoms with Gasteiger partial charge < -0.3 is 4.90 Å². The monoisotopic (exact) mass is 283 g/mol. The van der Waals surface area contributed by atoms with Gasteiger partial charge in [0.15, 0.2) is 0 Å². The lowest BCUT2D eigenvalue weighted by atomic mass is 9.91. The Balaban J connectivity index is 2.28. The van der Waals surface area contributed by atoms with Crippen LogP contribution in [0.1, 0.15) is 24.0 Å². The lowest BCUT2D eigenvalue weighted by molar-refractivity contribution is -0.119. The Bertz CT molecular complexity index is 486. The Kier molecular flexibility index (Phi) is 2.28. The molecule has 16 heavy (non-hydrogen) atoms. The van der Waals surface area contributed by atoms with Gasteiger partial charge in [0.1, 0.15) is 5.82 Å². The molecule has 0 spiro atoms. The van der Waals surface area contributed by atoms with Gasteiger partial charge in [-0.15, -0.1) is 0 Å². The number of rotatable bonds is 0. The molecule has 0 fully saturated rings. The third-order valence-electron chi connectivity index (χ3n) is 3.35. The molecule has 0 unspecified atom stereocenters. The van der Waals surface area contributed by atoms with Crippen molar-refractivity contribution in [1.82, 2.24) is 0 Å². The van der Waals surface area contributed by atoms with Crippen LogP contribution in [0.4, 0.5) is 10.1 Å². The predicted octanol–water partition coefficient (Wildman–Crippen LogP) is 2.81. The summed E-state index contributed by atoms with van der Waals surface area (Å²) in [6.45, 7) is 0.736. The van der Waals surface area contributed by atoms with Gasteiger partial charge in [0.2, 0.25) is 5.91 Å². The first-order valence-corrected chi connectivity index (χ1v) is 6.28. The van der Waals surface area contributed by atoms with Crippen LogP contribution in [-0.2, 0) is 17.6 Å². The van der Waals surface area contributed by atoms with E-state index in [0.717, 1.165) is 30.6 Å². The third kappa shape index (κ3) is 1.32. The molecule has 0 atom stereocenters. The number of amides is 1. The van der Waals surface area contributed by atoms with Crippen LogP contribution in [0.25, 0.3) is 0 Å². The Hall–Kier alpha value is -0.900. The first kappa shape index (κ1) is 10.3. The average Bonchev–Trinajstić information content (AvgIpc) is 2.28. The molecule has 0 N–H and O–H groups in total. The van der Waals surface area contributed by atoms with Crippen molar-refractivity contribution in [3.05, 3.63) is 27.5 Å². The zero-order valence-electron chi connectivity index (χ0n) is 8.72. The molecule has 2 heterocycles. The van der Waals surface area contributed by atoms with E-state index in [4.69, 9.17) is 0 Å². The second-order valence-electron chi connectivity index (χ2n) is 4.31. The molecule has 0 bridgehead atoms. The summed E-state index contributed by atoms with van der Waals surface area (Å²) in [7, 11) is 0. The van der Waals surface area contributed by atoms with Crippen molar-refractivity contribution in [3.8, 4) is 0 Å². The predicted molar refractivity (Wildman–Crippen MR) is 63.1 cm³/mol. The van der Waals surface area contributed by atoms with Gasteiger partial charge in [0.25, 0.3) is 0 Å². The van der Waals surface area contributed by atoms with Crippen molar-refractivity contribution in [3.63, 3.8) is 0 Å². The summed E-state index contributed by atoms with van der Waals surface area (Å²) in [6.07, 6.45) is 2.87. The maximum Gasteiger partial charge on any atom is 0.227 e. The number of halogens is 2. The van der Waals surface area contributed by atoms with E-state index in [1.165, 1.54) is 0 Å². The van der Waals surface area contributed by atoms with Gasteiger partial charge in [0.05, 0.1) is 10.2 Å². The van der Waals surface area contributed by atoms with Crippen LogP contribution in [0.5, 0.6) is 0 Å². The summed E-state index contributed by atoms with van der Waals surface area (Å²) in [5, 5.41) is 0. The molecule has 0 saturated carbocycles. The van der Waals surface area contributed by atoms with E-state index in [9.17, 15) is 9.18 Å². The smallest absolute Gasteiger partial charge is 0.227 e. The largest absolute Gasteiger partial charge is 0.312 e. The minimum atomic E-state index is -0.196. The fourth-order valence-corrected chi connectivity index (χ4v) is 3.15. The molecule has 0 aromatic heterocycles. The van der Waals surface area contributed by atoms with Crippen molar-refractivity contribution >= 4 is 27.5 Å². The highest BCUT2D eigenvalue weighted by molar-refractivity contribution is 9.10. The molecular formula is C12H11BrFNO. The van der Waals surface area contributed by atoms with Crippen LogP contribution in [0.15, 0.2) is 10.5 Å². The van der Waals surface area contributed by atoms with Gasteiger partial charge in [-0.2, -0.15) is 0 Å². The standard InChI is InChI=1S/C12H11BrFNO/c13-9-6-7-2-1-5-15-10(16)4-3-8(11(9)14)12(7)15/h6H,1-5H2. The Morgan fingerprint density at radius 2 is 2.12 bits per heavy atom. The molecule has 2 aliphatic heterocycles. The van der Waals surface area contributed by atoms with Gasteiger partial charge in [-0.25, -0.2) is 4.39 Å². The number of carbonyl (C=O) groups excluding carboxylic acids is 1. The Labute approximate surface area is 102 Å². The first-order chi connectivity index (χ1) is 7.68. The summed E-state index contributed by atoms with van der Waals surface area (Å²) in [6, 6.07) is 1.82. The summed E-state index contributed by atoms with van der Waals surface area (Å²) < 4.78 is 14.5. The van der Waals surface area contributed by atoms with Crippen LogP contribution in [0.3, 0.4) is 0 Å². The molecule has 1 aromatic rings. The van der Waals surface area contributed by atoms with Gasteiger partial charge >= 0.3 is 0 Å². The van der Waals surface area contributed by atoms with Gasteiger partial charge in [-0.1, -0.05) is 0 Å². The fourth-order valence-electron chi connectivity index (χ4n) is 2.64. The second kappa shape index (κ2) is 3.55. The van der Waals surface area contributed by atoms with Crippen molar-refractivity contribution in [2.45, 2.75) is 25.7 Å². The van der Waals surface area contributed by atoms with E-state index in [2.05, 4.69) is 15.9 Å². The molecule has 0 saturated heterocycles. The highest BCUT2D eigenvalue weighted by Gasteiger charge is 2.31. The molecule has 4 heteroatoms. The molecular weight excluding hydrogens is 273 g/mol. The lowest BCUT2D eigenvalue weighted by Gasteiger charge is -2.35. The van der Waals surface area contributed by atoms with E-state index in [0.29, 0.717) is 22.9 Å². The number of carbonyl (C=O) groups is 1. The lowest BCUT2D eigenvalue weighted by Crippen LogP contribution is -2.39. The van der Waals surface area contributed by atoms with Crippen molar-refractivity contribution in [2.24, 2.45) is 0 Å². The molecule has 2 nitrogen and oxygen atoms in total. The van der Waals surface area contributed by atoms with Crippen LogP contribution in [-0.4, -0.2) is 12.5 Å². The number of hydrogen-bond donors (Lipinski definition) is 0. The molecule has 0 aliphatic carbocycles. The Morgan fingerprint density at radius 1 is 1.31 bits per heavy atom. The zero-order valence-corrected chi connectivity index (χ0v) is 10.3. The van der Waals surface area contributed by atoms with Crippen molar-refractivity contribution in [1.29, 1.82) is 0 Å². The zero-order chi connectivity index (χ0) is 11.3. The summed E-state index contributed by atoms with van der Waals surface area (Å²) in [5.41, 5.74) is 2.66. The molecule has 84 valence electrons. The van der Waals surface area contributed by atoms with E-state index >= 15 is 0 Å². The molecule has 1 amide bonds. The summed E-state index contributed by atoms with van der Waals surface area (Å²) in [4.78, 5) is 13.5.